The van der Waals surface area contributed by atoms with Crippen LogP contribution in [0, 0.1) is 0 Å². The molecule has 2 aromatic rings. The third-order valence-electron chi connectivity index (χ3n) is 2.23. The molecule has 2 aromatic carbocycles. The van der Waals surface area contributed by atoms with Gasteiger partial charge in [0.05, 0.1) is 7.11 Å². The van der Waals surface area contributed by atoms with Gasteiger partial charge in [-0.05, 0) is 24.1 Å². The molecular formula is C18H26O. The number of para-hydroxylation sites is 1. The first-order valence-electron chi connectivity index (χ1n) is 6.91. The van der Waals surface area contributed by atoms with Crippen molar-refractivity contribution in [2.24, 2.45) is 0 Å². The second-order valence-electron chi connectivity index (χ2n) is 4.06. The smallest absolute Gasteiger partial charge is 0.118 e. The van der Waals surface area contributed by atoms with E-state index >= 15 is 0 Å². The molecule has 1 heteroatoms. The van der Waals surface area contributed by atoms with Gasteiger partial charge in [0.2, 0.25) is 0 Å². The van der Waals surface area contributed by atoms with Crippen molar-refractivity contribution in [1.82, 2.24) is 0 Å². The Morgan fingerprint density at radius 2 is 1.16 bits per heavy atom. The lowest BCUT2D eigenvalue weighted by molar-refractivity contribution is 0.415. The average molecular weight is 258 g/mol. The first-order valence-corrected chi connectivity index (χ1v) is 6.91. The van der Waals surface area contributed by atoms with Crippen LogP contribution in [-0.4, -0.2) is 7.11 Å². The zero-order chi connectivity index (χ0) is 14.3. The Balaban J connectivity index is 0.000000284. The van der Waals surface area contributed by atoms with Crippen LogP contribution in [0.25, 0.3) is 0 Å². The van der Waals surface area contributed by atoms with Gasteiger partial charge in [0.15, 0.2) is 0 Å². The summed E-state index contributed by atoms with van der Waals surface area (Å²) in [4.78, 5) is 0. The molecule has 0 saturated heterocycles. The lowest BCUT2D eigenvalue weighted by atomic mass is 10.2. The van der Waals surface area contributed by atoms with Crippen LogP contribution in [-0.2, 0) is 6.42 Å². The van der Waals surface area contributed by atoms with Crippen molar-refractivity contribution >= 4 is 0 Å². The Morgan fingerprint density at radius 1 is 0.737 bits per heavy atom. The normalized spacial score (nSPS) is 8.42. The molecule has 2 rings (SSSR count). The summed E-state index contributed by atoms with van der Waals surface area (Å²) >= 11 is 0. The minimum atomic E-state index is 0.910. The fourth-order valence-electron chi connectivity index (χ4n) is 1.27. The maximum absolute atomic E-state index is 4.91. The standard InChI is InChI=1S/C8H10.C7H8O.C3H8/c1-2-8-6-4-3-5-7-8;1-8-7-5-3-2-4-6-7;1-3-2/h3-7H,2H2,1H3;2-6H,1H3;3H2,1-2H3. The highest BCUT2D eigenvalue weighted by Gasteiger charge is 1.80. The molecule has 0 amide bonds. The minimum absolute atomic E-state index is 0.910. The van der Waals surface area contributed by atoms with Gasteiger partial charge < -0.3 is 4.74 Å². The number of ether oxygens (including phenoxy) is 1. The van der Waals surface area contributed by atoms with Crippen molar-refractivity contribution in [2.75, 3.05) is 7.11 Å². The molecule has 0 aliphatic carbocycles. The van der Waals surface area contributed by atoms with Gasteiger partial charge in [-0.25, -0.2) is 0 Å². The number of hydrogen-bond donors (Lipinski definition) is 0. The summed E-state index contributed by atoms with van der Waals surface area (Å²) in [7, 11) is 1.66. The quantitative estimate of drug-likeness (QED) is 0.704. The molecule has 0 N–H and O–H groups in total. The molecule has 104 valence electrons. The van der Waals surface area contributed by atoms with E-state index in [9.17, 15) is 0 Å². The first kappa shape index (κ1) is 17.2. The molecule has 0 bridgehead atoms. The zero-order valence-electron chi connectivity index (χ0n) is 12.6. The van der Waals surface area contributed by atoms with Gasteiger partial charge in [-0.3, -0.25) is 0 Å². The third kappa shape index (κ3) is 9.90. The molecule has 19 heavy (non-hydrogen) atoms. The molecule has 0 unspecified atom stereocenters. The minimum Gasteiger partial charge on any atom is -0.497 e. The molecule has 1 nitrogen and oxygen atoms in total. The van der Waals surface area contributed by atoms with E-state index in [-0.39, 0.29) is 0 Å². The molecule has 0 radical (unpaired) electrons. The summed E-state index contributed by atoms with van der Waals surface area (Å²) in [6.45, 7) is 6.41. The van der Waals surface area contributed by atoms with Gasteiger partial charge >= 0.3 is 0 Å². The molecule has 0 heterocycles. The third-order valence-corrected chi connectivity index (χ3v) is 2.23. The van der Waals surface area contributed by atoms with E-state index in [4.69, 9.17) is 4.74 Å². The molecule has 0 spiro atoms. The van der Waals surface area contributed by atoms with Crippen LogP contribution in [0.2, 0.25) is 0 Å². The second-order valence-corrected chi connectivity index (χ2v) is 4.06. The largest absolute Gasteiger partial charge is 0.497 e. The number of rotatable bonds is 2. The van der Waals surface area contributed by atoms with Gasteiger partial charge in [0.1, 0.15) is 5.75 Å². The van der Waals surface area contributed by atoms with Crippen molar-refractivity contribution in [3.8, 4) is 5.75 Å². The van der Waals surface area contributed by atoms with E-state index in [2.05, 4.69) is 45.0 Å². The number of aryl methyl sites for hydroxylation is 1. The van der Waals surface area contributed by atoms with E-state index in [1.54, 1.807) is 7.11 Å². The monoisotopic (exact) mass is 258 g/mol. The Bertz CT molecular complexity index is 341. The fraction of sp³-hybridized carbons (Fsp3) is 0.333. The van der Waals surface area contributed by atoms with E-state index in [1.165, 1.54) is 12.0 Å². The Labute approximate surface area is 118 Å². The van der Waals surface area contributed by atoms with Crippen molar-refractivity contribution in [3.05, 3.63) is 66.2 Å². The molecule has 0 aromatic heterocycles. The Morgan fingerprint density at radius 3 is 1.42 bits per heavy atom. The molecule has 0 aliphatic rings. The lowest BCUT2D eigenvalue weighted by Crippen LogP contribution is -1.78. The summed E-state index contributed by atoms with van der Waals surface area (Å²) in [5.41, 5.74) is 1.41. The van der Waals surface area contributed by atoms with E-state index < -0.39 is 0 Å². The number of benzene rings is 2. The van der Waals surface area contributed by atoms with E-state index in [0.717, 1.165) is 12.2 Å². The summed E-state index contributed by atoms with van der Waals surface area (Å²) in [5.74, 6) is 0.910. The fourth-order valence-corrected chi connectivity index (χ4v) is 1.27. The Kier molecular flexibility index (Phi) is 11.5. The molecule has 0 atom stereocenters. The number of hydrogen-bond acceptors (Lipinski definition) is 1. The molecule has 0 aliphatic heterocycles. The first-order chi connectivity index (χ1) is 9.28. The second kappa shape index (κ2) is 12.7. The zero-order valence-corrected chi connectivity index (χ0v) is 12.6. The summed E-state index contributed by atoms with van der Waals surface area (Å²) in [6.07, 6.45) is 2.39. The van der Waals surface area contributed by atoms with E-state index in [1.807, 2.05) is 36.4 Å². The van der Waals surface area contributed by atoms with Crippen LogP contribution in [0.4, 0.5) is 0 Å². The highest BCUT2D eigenvalue weighted by atomic mass is 16.5. The summed E-state index contributed by atoms with van der Waals surface area (Å²) < 4.78 is 4.91. The maximum atomic E-state index is 4.91. The highest BCUT2D eigenvalue weighted by Crippen LogP contribution is 2.05. The summed E-state index contributed by atoms with van der Waals surface area (Å²) in [6, 6.07) is 20.1. The van der Waals surface area contributed by atoms with Gasteiger partial charge in [-0.15, -0.1) is 0 Å². The van der Waals surface area contributed by atoms with Gasteiger partial charge in [0.25, 0.3) is 0 Å². The average Bonchev–Trinajstić information content (AvgIpc) is 2.50. The van der Waals surface area contributed by atoms with Gasteiger partial charge in [-0.1, -0.05) is 75.7 Å². The van der Waals surface area contributed by atoms with Gasteiger partial charge in [-0.2, -0.15) is 0 Å². The lowest BCUT2D eigenvalue weighted by Gasteiger charge is -1.93. The van der Waals surface area contributed by atoms with Crippen molar-refractivity contribution in [3.63, 3.8) is 0 Å². The van der Waals surface area contributed by atoms with Crippen LogP contribution in [0.3, 0.4) is 0 Å². The van der Waals surface area contributed by atoms with Crippen LogP contribution < -0.4 is 4.74 Å². The molecule has 0 fully saturated rings. The van der Waals surface area contributed by atoms with Crippen LogP contribution in [0.1, 0.15) is 32.8 Å². The maximum Gasteiger partial charge on any atom is 0.118 e. The topological polar surface area (TPSA) is 9.23 Å². The number of methoxy groups -OCH3 is 1. The molecular weight excluding hydrogens is 232 g/mol. The predicted molar refractivity (Wildman–Crippen MR) is 84.8 cm³/mol. The van der Waals surface area contributed by atoms with Crippen molar-refractivity contribution in [2.45, 2.75) is 33.6 Å². The van der Waals surface area contributed by atoms with Crippen molar-refractivity contribution in [1.29, 1.82) is 0 Å². The SMILES string of the molecule is CCC.CCc1ccccc1.COc1ccccc1. The Hall–Kier alpha value is -1.76. The highest BCUT2D eigenvalue weighted by molar-refractivity contribution is 5.20. The van der Waals surface area contributed by atoms with Crippen LogP contribution in [0.5, 0.6) is 5.75 Å². The van der Waals surface area contributed by atoms with Crippen LogP contribution in [0.15, 0.2) is 60.7 Å². The van der Waals surface area contributed by atoms with Crippen molar-refractivity contribution < 1.29 is 4.74 Å². The van der Waals surface area contributed by atoms with Crippen LogP contribution >= 0.6 is 0 Å². The predicted octanol–water partition coefficient (Wildman–Crippen LogP) is 5.36. The molecule has 0 saturated carbocycles. The van der Waals surface area contributed by atoms with Gasteiger partial charge in [0, 0.05) is 0 Å². The summed E-state index contributed by atoms with van der Waals surface area (Å²) in [5, 5.41) is 0. The van der Waals surface area contributed by atoms with E-state index in [0.29, 0.717) is 0 Å².